The number of nitrogens with zero attached hydrogens (tertiary/aromatic N) is 3. The van der Waals surface area contributed by atoms with Crippen molar-refractivity contribution in [3.8, 4) is 39.5 Å². The molecule has 0 fully saturated rings. The van der Waals surface area contributed by atoms with Crippen molar-refractivity contribution < 1.29 is 24.5 Å². The number of pyridine rings is 1. The molecule has 0 amide bonds. The number of imidazole rings is 1. The van der Waals surface area contributed by atoms with E-state index in [0.29, 0.717) is 5.92 Å². The fourth-order valence-electron chi connectivity index (χ4n) is 7.89. The third-order valence-electron chi connectivity index (χ3n) is 10.4. The second-order valence-corrected chi connectivity index (χ2v) is 21.2. The minimum absolute atomic E-state index is 0. The molecular formula is C51H47IrN3OSi-2. The number of para-hydroxylation sites is 2. The van der Waals surface area contributed by atoms with Crippen LogP contribution in [0, 0.1) is 32.1 Å². The van der Waals surface area contributed by atoms with Crippen LogP contribution in [0.2, 0.25) is 19.6 Å². The second kappa shape index (κ2) is 16.6. The van der Waals surface area contributed by atoms with E-state index in [9.17, 15) is 0 Å². The Morgan fingerprint density at radius 2 is 1.42 bits per heavy atom. The first-order valence-electron chi connectivity index (χ1n) is 19.5. The summed E-state index contributed by atoms with van der Waals surface area (Å²) < 4.78 is 8.18. The van der Waals surface area contributed by atoms with E-state index in [2.05, 4.69) is 179 Å². The van der Waals surface area contributed by atoms with Gasteiger partial charge in [-0.1, -0.05) is 135 Å². The summed E-state index contributed by atoms with van der Waals surface area (Å²) >= 11 is 0. The Bertz CT molecular complexity index is 2790. The first kappa shape index (κ1) is 39.8. The number of hydrogen-bond donors (Lipinski definition) is 0. The molecule has 1 radical (unpaired) electrons. The van der Waals surface area contributed by atoms with Gasteiger partial charge >= 0.3 is 0 Å². The van der Waals surface area contributed by atoms with Gasteiger partial charge in [0.15, 0.2) is 0 Å². The topological polar surface area (TPSA) is 43.9 Å². The SMILES string of the molecule is CC(C)Cc1cc(-c2[c-]cccc2)ncc1[Si](C)(C)C.Cc1cc(-n2c(-c3[c-]oc4cc5ccccc5cc34)nc3ccccc32)cc(C)c1-c1ccccc1.[Ir]. The van der Waals surface area contributed by atoms with Crippen LogP contribution in [0.1, 0.15) is 30.5 Å². The summed E-state index contributed by atoms with van der Waals surface area (Å²) in [6.07, 6.45) is 6.42. The van der Waals surface area contributed by atoms with Crippen LogP contribution in [0.5, 0.6) is 0 Å². The third-order valence-corrected chi connectivity index (χ3v) is 12.5. The summed E-state index contributed by atoms with van der Waals surface area (Å²) in [5.74, 6) is 1.50. The number of aryl methyl sites for hydroxylation is 2. The third kappa shape index (κ3) is 8.22. The summed E-state index contributed by atoms with van der Waals surface area (Å²) in [6.45, 7) is 16.1. The molecule has 0 atom stereocenters. The zero-order chi connectivity index (χ0) is 39.0. The van der Waals surface area contributed by atoms with Crippen molar-refractivity contribution in [3.63, 3.8) is 0 Å². The largest absolute Gasteiger partial charge is 0.557 e. The molecule has 287 valence electrons. The molecule has 3 heterocycles. The molecule has 3 aromatic heterocycles. The number of fused-ring (bicyclic) bond motifs is 3. The van der Waals surface area contributed by atoms with Gasteiger partial charge in [-0.25, -0.2) is 0 Å². The molecule has 0 aliphatic heterocycles. The molecule has 9 rings (SSSR count). The van der Waals surface area contributed by atoms with Crippen LogP contribution in [0.3, 0.4) is 0 Å². The van der Waals surface area contributed by atoms with Crippen molar-refractivity contribution in [1.29, 1.82) is 0 Å². The smallest absolute Gasteiger partial charge is 0.0798 e. The molecule has 0 saturated carbocycles. The number of benzene rings is 6. The van der Waals surface area contributed by atoms with E-state index in [1.54, 1.807) is 0 Å². The van der Waals surface area contributed by atoms with Gasteiger partial charge in [0.2, 0.25) is 0 Å². The van der Waals surface area contributed by atoms with Gasteiger partial charge in [-0.15, -0.1) is 35.9 Å². The average Bonchev–Trinajstić information content (AvgIpc) is 3.78. The van der Waals surface area contributed by atoms with Crippen LogP contribution >= 0.6 is 0 Å². The molecule has 0 bridgehead atoms. The summed E-state index contributed by atoms with van der Waals surface area (Å²) in [7, 11) is -1.34. The Balaban J connectivity index is 0.000000202. The maximum Gasteiger partial charge on any atom is 0.0798 e. The van der Waals surface area contributed by atoms with E-state index in [-0.39, 0.29) is 20.1 Å². The van der Waals surface area contributed by atoms with Gasteiger partial charge in [0.05, 0.1) is 24.9 Å². The van der Waals surface area contributed by atoms with Crippen molar-refractivity contribution in [2.45, 2.75) is 53.8 Å². The summed E-state index contributed by atoms with van der Waals surface area (Å²) in [5.41, 5.74) is 13.3. The van der Waals surface area contributed by atoms with E-state index in [0.717, 1.165) is 62.1 Å². The molecule has 4 nitrogen and oxygen atoms in total. The molecular weight excluding hydrogens is 891 g/mol. The number of aromatic nitrogens is 3. The normalized spacial score (nSPS) is 11.5. The number of hydrogen-bond acceptors (Lipinski definition) is 3. The molecule has 0 unspecified atom stereocenters. The Labute approximate surface area is 351 Å². The van der Waals surface area contributed by atoms with Gasteiger partial charge in [0.25, 0.3) is 0 Å². The van der Waals surface area contributed by atoms with E-state index >= 15 is 0 Å². The van der Waals surface area contributed by atoms with E-state index in [1.165, 1.54) is 38.4 Å². The van der Waals surface area contributed by atoms with Gasteiger partial charge in [-0.05, 0) is 94.4 Å². The van der Waals surface area contributed by atoms with Crippen molar-refractivity contribution >= 4 is 46.0 Å². The average molecular weight is 938 g/mol. The van der Waals surface area contributed by atoms with Crippen molar-refractivity contribution in [1.82, 2.24) is 14.5 Å². The van der Waals surface area contributed by atoms with E-state index in [4.69, 9.17) is 9.40 Å². The molecule has 0 aliphatic rings. The zero-order valence-electron chi connectivity index (χ0n) is 33.6. The fraction of sp³-hybridized carbons (Fsp3) is 0.176. The van der Waals surface area contributed by atoms with Crippen LogP contribution in [0.4, 0.5) is 0 Å². The zero-order valence-corrected chi connectivity index (χ0v) is 37.0. The van der Waals surface area contributed by atoms with Crippen LogP contribution in [0.15, 0.2) is 144 Å². The quantitative estimate of drug-likeness (QED) is 0.118. The van der Waals surface area contributed by atoms with Crippen molar-refractivity contribution in [3.05, 3.63) is 169 Å². The molecule has 9 aromatic rings. The van der Waals surface area contributed by atoms with Crippen LogP contribution < -0.4 is 5.19 Å². The molecule has 6 aromatic carbocycles. The van der Waals surface area contributed by atoms with Gasteiger partial charge in [0.1, 0.15) is 0 Å². The summed E-state index contributed by atoms with van der Waals surface area (Å²) in [4.78, 5) is 9.76. The van der Waals surface area contributed by atoms with Gasteiger partial charge in [-0.3, -0.25) is 4.98 Å². The van der Waals surface area contributed by atoms with Crippen LogP contribution in [-0.4, -0.2) is 22.6 Å². The van der Waals surface area contributed by atoms with Crippen molar-refractivity contribution in [2.75, 3.05) is 0 Å². The Morgan fingerprint density at radius 1 is 0.754 bits per heavy atom. The maximum absolute atomic E-state index is 5.94. The van der Waals surface area contributed by atoms with Gasteiger partial charge < -0.3 is 14.0 Å². The Kier molecular flexibility index (Phi) is 11.6. The fourth-order valence-corrected chi connectivity index (χ4v) is 9.48. The minimum atomic E-state index is -1.34. The second-order valence-electron chi connectivity index (χ2n) is 16.2. The first-order valence-corrected chi connectivity index (χ1v) is 23.0. The molecule has 0 spiro atoms. The van der Waals surface area contributed by atoms with Gasteiger partial charge in [0, 0.05) is 43.8 Å². The van der Waals surface area contributed by atoms with Crippen molar-refractivity contribution in [2.24, 2.45) is 5.92 Å². The predicted molar refractivity (Wildman–Crippen MR) is 238 cm³/mol. The Hall–Kier alpha value is -5.39. The van der Waals surface area contributed by atoms with E-state index in [1.807, 2.05) is 30.3 Å². The summed E-state index contributed by atoms with van der Waals surface area (Å²) in [5, 5.41) is 4.82. The number of furan rings is 1. The first-order chi connectivity index (χ1) is 27.0. The standard InChI is InChI=1S/C33H23N2O.C18H24NSi.Ir/c1-21-16-26(17-22(2)32(21)23-10-4-3-5-11-23)35-30-15-9-8-14-29(30)34-33(35)28-20-36-31-19-25-13-7-6-12-24(25)18-27(28)31;1-14(2)11-16-12-17(15-9-7-6-8-10-15)19-13-18(16)20(3,4)5;/h3-19H,1-2H3;6-9,12-14H,11H2,1-5H3;/q2*-1;. The predicted octanol–water partition coefficient (Wildman–Crippen LogP) is 13.0. The summed E-state index contributed by atoms with van der Waals surface area (Å²) in [6, 6.07) is 49.6. The number of rotatable bonds is 7. The van der Waals surface area contributed by atoms with E-state index < -0.39 is 8.07 Å². The molecule has 0 aliphatic carbocycles. The Morgan fingerprint density at radius 3 is 2.11 bits per heavy atom. The van der Waals surface area contributed by atoms with Crippen LogP contribution in [0.25, 0.3) is 72.2 Å². The molecule has 0 N–H and O–H groups in total. The van der Waals surface area contributed by atoms with Gasteiger partial charge in [-0.2, -0.15) is 0 Å². The molecule has 0 saturated heterocycles. The van der Waals surface area contributed by atoms with Crippen LogP contribution in [-0.2, 0) is 26.5 Å². The maximum atomic E-state index is 5.94. The molecule has 57 heavy (non-hydrogen) atoms. The minimum Gasteiger partial charge on any atom is -0.557 e. The molecule has 6 heteroatoms. The monoisotopic (exact) mass is 938 g/mol.